The molecule has 82 valence electrons. The summed E-state index contributed by atoms with van der Waals surface area (Å²) in [4.78, 5) is 15.1. The minimum Gasteiger partial charge on any atom is -0.481 e. The van der Waals surface area contributed by atoms with Crippen LogP contribution in [-0.4, -0.2) is 25.8 Å². The summed E-state index contributed by atoms with van der Waals surface area (Å²) in [7, 11) is 0. The third-order valence-corrected chi connectivity index (χ3v) is 2.76. The third kappa shape index (κ3) is 2.00. The first-order valence-corrected chi connectivity index (χ1v) is 5.36. The number of aliphatic carboxylic acids is 1. The first-order valence-electron chi connectivity index (χ1n) is 5.36. The van der Waals surface area contributed by atoms with Crippen LogP contribution in [0, 0.1) is 0 Å². The summed E-state index contributed by atoms with van der Waals surface area (Å²) in [6.07, 6.45) is 3.79. The Kier molecular flexibility index (Phi) is 2.70. The molecule has 1 atom stereocenters. The zero-order valence-electron chi connectivity index (χ0n) is 8.81. The van der Waals surface area contributed by atoms with E-state index in [4.69, 9.17) is 5.11 Å². The number of carboxylic acids is 1. The van der Waals surface area contributed by atoms with E-state index in [0.29, 0.717) is 0 Å². The SMILES string of the molecule is CCc1nc2n(n1)C(CC(=O)O)CCC2. The lowest BCUT2D eigenvalue weighted by atomic mass is 10.0. The van der Waals surface area contributed by atoms with Gasteiger partial charge >= 0.3 is 5.97 Å². The molecule has 2 rings (SSSR count). The summed E-state index contributed by atoms with van der Waals surface area (Å²) in [6.45, 7) is 2.01. The van der Waals surface area contributed by atoms with Crippen molar-refractivity contribution in [3.05, 3.63) is 11.6 Å². The highest BCUT2D eigenvalue weighted by Crippen LogP contribution is 2.25. The molecule has 5 heteroatoms. The Hall–Kier alpha value is -1.39. The van der Waals surface area contributed by atoms with E-state index < -0.39 is 5.97 Å². The first kappa shape index (κ1) is 10.1. The van der Waals surface area contributed by atoms with Crippen LogP contribution in [0.3, 0.4) is 0 Å². The van der Waals surface area contributed by atoms with E-state index in [1.807, 2.05) is 11.6 Å². The quantitative estimate of drug-likeness (QED) is 0.812. The Labute approximate surface area is 88.1 Å². The lowest BCUT2D eigenvalue weighted by molar-refractivity contribution is -0.138. The monoisotopic (exact) mass is 209 g/mol. The molecule has 0 aromatic carbocycles. The maximum atomic E-state index is 10.7. The highest BCUT2D eigenvalue weighted by molar-refractivity contribution is 5.67. The van der Waals surface area contributed by atoms with E-state index >= 15 is 0 Å². The number of fused-ring (bicyclic) bond motifs is 1. The highest BCUT2D eigenvalue weighted by atomic mass is 16.4. The van der Waals surface area contributed by atoms with Gasteiger partial charge in [-0.15, -0.1) is 0 Å². The lowest BCUT2D eigenvalue weighted by Crippen LogP contribution is -2.21. The van der Waals surface area contributed by atoms with Crippen LogP contribution < -0.4 is 0 Å². The second-order valence-electron chi connectivity index (χ2n) is 3.89. The van der Waals surface area contributed by atoms with Crippen LogP contribution in [0.4, 0.5) is 0 Å². The summed E-state index contributed by atoms with van der Waals surface area (Å²) in [6, 6.07) is -0.000880. The van der Waals surface area contributed by atoms with Gasteiger partial charge in [0.2, 0.25) is 0 Å². The second-order valence-corrected chi connectivity index (χ2v) is 3.89. The molecule has 1 unspecified atom stereocenters. The largest absolute Gasteiger partial charge is 0.481 e. The summed E-state index contributed by atoms with van der Waals surface area (Å²) >= 11 is 0. The van der Waals surface area contributed by atoms with Crippen molar-refractivity contribution in [2.24, 2.45) is 0 Å². The van der Waals surface area contributed by atoms with Crippen LogP contribution in [0.1, 0.15) is 43.9 Å². The molecular formula is C10H15N3O2. The molecule has 1 aromatic rings. The predicted octanol–water partition coefficient (Wildman–Crippen LogP) is 1.19. The Balaban J connectivity index is 2.24. The molecule has 1 N–H and O–H groups in total. The molecule has 1 aromatic heterocycles. The first-order chi connectivity index (χ1) is 7.20. The van der Waals surface area contributed by atoms with E-state index in [9.17, 15) is 4.79 Å². The number of nitrogens with zero attached hydrogens (tertiary/aromatic N) is 3. The number of carboxylic acid groups (broad SMARTS) is 1. The van der Waals surface area contributed by atoms with Gasteiger partial charge in [0.05, 0.1) is 12.5 Å². The highest BCUT2D eigenvalue weighted by Gasteiger charge is 2.24. The van der Waals surface area contributed by atoms with Crippen LogP contribution in [-0.2, 0) is 17.6 Å². The van der Waals surface area contributed by atoms with Gasteiger partial charge < -0.3 is 5.11 Å². The summed E-state index contributed by atoms with van der Waals surface area (Å²) in [5, 5.41) is 13.1. The van der Waals surface area contributed by atoms with Crippen molar-refractivity contribution in [1.82, 2.24) is 14.8 Å². The van der Waals surface area contributed by atoms with E-state index in [1.54, 1.807) is 0 Å². The Morgan fingerprint density at radius 1 is 1.67 bits per heavy atom. The van der Waals surface area contributed by atoms with E-state index in [-0.39, 0.29) is 12.5 Å². The number of rotatable bonds is 3. The number of carbonyl (C=O) groups is 1. The van der Waals surface area contributed by atoms with Crippen LogP contribution in [0.5, 0.6) is 0 Å². The summed E-state index contributed by atoms with van der Waals surface area (Å²) < 4.78 is 1.82. The van der Waals surface area contributed by atoms with Crippen LogP contribution in [0.15, 0.2) is 0 Å². The van der Waals surface area contributed by atoms with Crippen LogP contribution in [0.25, 0.3) is 0 Å². The average molecular weight is 209 g/mol. The number of hydrogen-bond acceptors (Lipinski definition) is 3. The van der Waals surface area contributed by atoms with Gasteiger partial charge in [-0.1, -0.05) is 6.92 Å². The van der Waals surface area contributed by atoms with E-state index in [2.05, 4.69) is 10.1 Å². The minimum absolute atomic E-state index is 0.000880. The zero-order chi connectivity index (χ0) is 10.8. The van der Waals surface area contributed by atoms with Crippen molar-refractivity contribution in [2.45, 2.75) is 45.1 Å². The van der Waals surface area contributed by atoms with Gasteiger partial charge in [-0.25, -0.2) is 9.67 Å². The maximum Gasteiger partial charge on any atom is 0.305 e. The second kappa shape index (κ2) is 4.00. The number of hydrogen-bond donors (Lipinski definition) is 1. The molecule has 1 aliphatic rings. The fourth-order valence-electron chi connectivity index (χ4n) is 2.03. The molecule has 2 heterocycles. The van der Waals surface area contributed by atoms with Gasteiger partial charge in [-0.3, -0.25) is 4.79 Å². The van der Waals surface area contributed by atoms with Crippen molar-refractivity contribution in [1.29, 1.82) is 0 Å². The summed E-state index contributed by atoms with van der Waals surface area (Å²) in [5.41, 5.74) is 0. The third-order valence-electron chi connectivity index (χ3n) is 2.76. The molecule has 0 radical (unpaired) electrons. The van der Waals surface area contributed by atoms with Crippen molar-refractivity contribution in [2.75, 3.05) is 0 Å². The molecular weight excluding hydrogens is 194 g/mol. The molecule has 0 amide bonds. The van der Waals surface area contributed by atoms with Crippen molar-refractivity contribution in [3.8, 4) is 0 Å². The van der Waals surface area contributed by atoms with Gasteiger partial charge in [-0.2, -0.15) is 5.10 Å². The van der Waals surface area contributed by atoms with Crippen LogP contribution >= 0.6 is 0 Å². The van der Waals surface area contributed by atoms with Gasteiger partial charge in [0.1, 0.15) is 5.82 Å². The molecule has 0 fully saturated rings. The fourth-order valence-corrected chi connectivity index (χ4v) is 2.03. The van der Waals surface area contributed by atoms with Crippen molar-refractivity contribution >= 4 is 5.97 Å². The lowest BCUT2D eigenvalue weighted by Gasteiger charge is -2.21. The fraction of sp³-hybridized carbons (Fsp3) is 0.700. The number of aryl methyl sites for hydroxylation is 2. The summed E-state index contributed by atoms with van der Waals surface area (Å²) in [5.74, 6) is 1.01. The molecule has 0 saturated heterocycles. The van der Waals surface area contributed by atoms with Crippen molar-refractivity contribution < 1.29 is 9.90 Å². The Morgan fingerprint density at radius 3 is 3.13 bits per heavy atom. The van der Waals surface area contributed by atoms with E-state index in [1.165, 1.54) is 0 Å². The molecule has 5 nitrogen and oxygen atoms in total. The van der Waals surface area contributed by atoms with Crippen LogP contribution in [0.2, 0.25) is 0 Å². The Bertz CT molecular complexity index is 373. The molecule has 0 saturated carbocycles. The van der Waals surface area contributed by atoms with Gasteiger partial charge in [0.15, 0.2) is 5.82 Å². The maximum absolute atomic E-state index is 10.7. The molecule has 0 spiro atoms. The van der Waals surface area contributed by atoms with Gasteiger partial charge in [0, 0.05) is 12.8 Å². The topological polar surface area (TPSA) is 68.0 Å². The normalized spacial score (nSPS) is 19.9. The predicted molar refractivity (Wildman–Crippen MR) is 53.6 cm³/mol. The molecule has 1 aliphatic heterocycles. The standard InChI is InChI=1S/C10H15N3O2/c1-2-8-11-9-5-3-4-7(6-10(14)15)13(9)12-8/h7H,2-6H2,1H3,(H,14,15). The van der Waals surface area contributed by atoms with Crippen molar-refractivity contribution in [3.63, 3.8) is 0 Å². The molecule has 15 heavy (non-hydrogen) atoms. The molecule has 0 bridgehead atoms. The van der Waals surface area contributed by atoms with Gasteiger partial charge in [0.25, 0.3) is 0 Å². The smallest absolute Gasteiger partial charge is 0.305 e. The zero-order valence-corrected chi connectivity index (χ0v) is 8.81. The number of aromatic nitrogens is 3. The molecule has 0 aliphatic carbocycles. The van der Waals surface area contributed by atoms with Gasteiger partial charge in [-0.05, 0) is 12.8 Å². The Morgan fingerprint density at radius 2 is 2.47 bits per heavy atom. The van der Waals surface area contributed by atoms with E-state index in [0.717, 1.165) is 37.3 Å². The minimum atomic E-state index is -0.763. The average Bonchev–Trinajstić information content (AvgIpc) is 2.61.